The summed E-state index contributed by atoms with van der Waals surface area (Å²) in [5.74, 6) is -0.101. The summed E-state index contributed by atoms with van der Waals surface area (Å²) >= 11 is 0. The molecule has 0 aliphatic carbocycles. The Labute approximate surface area is 102 Å². The van der Waals surface area contributed by atoms with Gasteiger partial charge < -0.3 is 11.1 Å². The van der Waals surface area contributed by atoms with Crippen molar-refractivity contribution in [2.45, 2.75) is 25.8 Å². The summed E-state index contributed by atoms with van der Waals surface area (Å²) in [7, 11) is 0. The number of amides is 1. The predicted molar refractivity (Wildman–Crippen MR) is 66.5 cm³/mol. The molecular formula is C11H18ClN3O. The summed E-state index contributed by atoms with van der Waals surface area (Å²) in [6.45, 7) is 2.32. The first-order valence-electron chi connectivity index (χ1n) is 5.13. The molecule has 0 saturated carbocycles. The Balaban J connectivity index is 0.00000225. The maximum Gasteiger partial charge on any atom is 0.236 e. The van der Waals surface area contributed by atoms with Crippen LogP contribution >= 0.6 is 12.4 Å². The Hall–Kier alpha value is -1.13. The highest BCUT2D eigenvalue weighted by molar-refractivity contribution is 5.85. The first kappa shape index (κ1) is 14.9. The topological polar surface area (TPSA) is 68.0 Å². The predicted octanol–water partition coefficient (Wildman–Crippen LogP) is 0.899. The smallest absolute Gasteiger partial charge is 0.236 e. The van der Waals surface area contributed by atoms with Gasteiger partial charge in [-0.25, -0.2) is 0 Å². The van der Waals surface area contributed by atoms with E-state index in [0.717, 1.165) is 18.5 Å². The van der Waals surface area contributed by atoms with Crippen LogP contribution in [0.5, 0.6) is 0 Å². The number of nitrogens with two attached hydrogens (primary N) is 1. The number of hydrogen-bond acceptors (Lipinski definition) is 3. The minimum atomic E-state index is -0.431. The number of rotatable bonds is 5. The average Bonchev–Trinajstić information content (AvgIpc) is 2.25. The van der Waals surface area contributed by atoms with Crippen molar-refractivity contribution in [2.75, 3.05) is 6.54 Å². The molecule has 0 saturated heterocycles. The van der Waals surface area contributed by atoms with Gasteiger partial charge in [-0.05, 0) is 31.9 Å². The molecule has 0 aromatic carbocycles. The summed E-state index contributed by atoms with van der Waals surface area (Å²) in [6.07, 6.45) is 3.53. The molecule has 0 radical (unpaired) electrons. The zero-order valence-corrected chi connectivity index (χ0v) is 10.2. The Bertz CT molecular complexity index is 303. The van der Waals surface area contributed by atoms with Crippen LogP contribution in [-0.2, 0) is 11.2 Å². The lowest BCUT2D eigenvalue weighted by Crippen LogP contribution is -2.38. The number of hydrogen-bond donors (Lipinski definition) is 2. The fraction of sp³-hybridized carbons (Fsp3) is 0.455. The van der Waals surface area contributed by atoms with Crippen molar-refractivity contribution in [1.29, 1.82) is 0 Å². The molecule has 5 heteroatoms. The number of halogens is 1. The molecule has 1 heterocycles. The van der Waals surface area contributed by atoms with Crippen molar-refractivity contribution in [3.63, 3.8) is 0 Å². The van der Waals surface area contributed by atoms with Crippen molar-refractivity contribution in [3.05, 3.63) is 30.1 Å². The third-order valence-corrected chi connectivity index (χ3v) is 2.05. The van der Waals surface area contributed by atoms with Crippen LogP contribution in [0.15, 0.2) is 24.4 Å². The quantitative estimate of drug-likeness (QED) is 0.755. The molecule has 1 atom stereocenters. The first-order valence-corrected chi connectivity index (χ1v) is 5.13. The van der Waals surface area contributed by atoms with Gasteiger partial charge in [-0.1, -0.05) is 6.07 Å². The van der Waals surface area contributed by atoms with E-state index in [0.29, 0.717) is 6.54 Å². The molecule has 3 N–H and O–H groups in total. The van der Waals surface area contributed by atoms with Gasteiger partial charge >= 0.3 is 0 Å². The summed E-state index contributed by atoms with van der Waals surface area (Å²) in [6, 6.07) is 5.40. The molecule has 0 spiro atoms. The molecule has 0 fully saturated rings. The molecule has 1 aromatic heterocycles. The molecule has 4 nitrogen and oxygen atoms in total. The minimum Gasteiger partial charge on any atom is -0.355 e. The van der Waals surface area contributed by atoms with E-state index in [1.807, 2.05) is 18.2 Å². The number of nitrogens with zero attached hydrogens (tertiary/aromatic N) is 1. The largest absolute Gasteiger partial charge is 0.355 e. The number of pyridine rings is 1. The fourth-order valence-corrected chi connectivity index (χ4v) is 1.19. The van der Waals surface area contributed by atoms with Gasteiger partial charge in [0.2, 0.25) is 5.91 Å². The molecule has 1 rings (SSSR count). The summed E-state index contributed by atoms with van der Waals surface area (Å²) < 4.78 is 0. The number of aromatic nitrogens is 1. The van der Waals surface area contributed by atoms with Gasteiger partial charge in [-0.2, -0.15) is 0 Å². The Kier molecular flexibility index (Phi) is 7.50. The van der Waals surface area contributed by atoms with Gasteiger partial charge in [0.05, 0.1) is 6.04 Å². The van der Waals surface area contributed by atoms with Crippen molar-refractivity contribution in [1.82, 2.24) is 10.3 Å². The van der Waals surface area contributed by atoms with Crippen molar-refractivity contribution in [2.24, 2.45) is 5.73 Å². The zero-order valence-electron chi connectivity index (χ0n) is 9.35. The van der Waals surface area contributed by atoms with E-state index < -0.39 is 6.04 Å². The van der Waals surface area contributed by atoms with E-state index in [1.54, 1.807) is 13.1 Å². The third kappa shape index (κ3) is 5.68. The highest BCUT2D eigenvalue weighted by Gasteiger charge is 2.04. The Morgan fingerprint density at radius 1 is 1.56 bits per heavy atom. The van der Waals surface area contributed by atoms with Crippen LogP contribution in [-0.4, -0.2) is 23.5 Å². The van der Waals surface area contributed by atoms with Crippen LogP contribution in [0.25, 0.3) is 0 Å². The second-order valence-electron chi connectivity index (χ2n) is 3.50. The van der Waals surface area contributed by atoms with Gasteiger partial charge in [-0.15, -0.1) is 12.4 Å². The summed E-state index contributed by atoms with van der Waals surface area (Å²) in [5.41, 5.74) is 6.45. The SMILES string of the molecule is CC(N)C(=O)NCCCc1ccccn1.Cl. The highest BCUT2D eigenvalue weighted by atomic mass is 35.5. The Morgan fingerprint density at radius 2 is 2.31 bits per heavy atom. The molecule has 0 aliphatic rings. The van der Waals surface area contributed by atoms with Crippen LogP contribution in [0, 0.1) is 0 Å². The molecule has 1 amide bonds. The molecule has 1 aromatic rings. The van der Waals surface area contributed by atoms with Gasteiger partial charge in [-0.3, -0.25) is 9.78 Å². The van der Waals surface area contributed by atoms with Gasteiger partial charge in [0, 0.05) is 18.4 Å². The summed E-state index contributed by atoms with van der Waals surface area (Å²) in [4.78, 5) is 15.3. The summed E-state index contributed by atoms with van der Waals surface area (Å²) in [5, 5.41) is 2.76. The molecule has 0 bridgehead atoms. The van der Waals surface area contributed by atoms with Crippen LogP contribution in [0.2, 0.25) is 0 Å². The number of nitrogens with one attached hydrogen (secondary N) is 1. The zero-order chi connectivity index (χ0) is 11.1. The lowest BCUT2D eigenvalue weighted by molar-refractivity contribution is -0.121. The normalized spacial score (nSPS) is 11.4. The average molecular weight is 244 g/mol. The van der Waals surface area contributed by atoms with Gasteiger partial charge in [0.1, 0.15) is 0 Å². The van der Waals surface area contributed by atoms with Crippen molar-refractivity contribution >= 4 is 18.3 Å². The molecule has 90 valence electrons. The van der Waals surface area contributed by atoms with E-state index >= 15 is 0 Å². The maximum atomic E-state index is 11.1. The van der Waals surface area contributed by atoms with Crippen molar-refractivity contribution in [3.8, 4) is 0 Å². The first-order chi connectivity index (χ1) is 7.20. The lowest BCUT2D eigenvalue weighted by Gasteiger charge is -2.06. The van der Waals surface area contributed by atoms with Crippen LogP contribution in [0.3, 0.4) is 0 Å². The number of carbonyl (C=O) groups excluding carboxylic acids is 1. The lowest BCUT2D eigenvalue weighted by atomic mass is 10.2. The van der Waals surface area contributed by atoms with Crippen LogP contribution in [0.1, 0.15) is 19.0 Å². The molecule has 16 heavy (non-hydrogen) atoms. The van der Waals surface area contributed by atoms with Crippen LogP contribution < -0.4 is 11.1 Å². The van der Waals surface area contributed by atoms with E-state index in [4.69, 9.17) is 5.73 Å². The van der Waals surface area contributed by atoms with Gasteiger partial charge in [0.25, 0.3) is 0 Å². The second-order valence-corrected chi connectivity index (χ2v) is 3.50. The van der Waals surface area contributed by atoms with Crippen LogP contribution in [0.4, 0.5) is 0 Å². The molecular weight excluding hydrogens is 226 g/mol. The van der Waals surface area contributed by atoms with E-state index in [2.05, 4.69) is 10.3 Å². The highest BCUT2D eigenvalue weighted by Crippen LogP contribution is 1.96. The second kappa shape index (κ2) is 8.07. The van der Waals surface area contributed by atoms with Gasteiger partial charge in [0.15, 0.2) is 0 Å². The standard InChI is InChI=1S/C11H17N3O.ClH/c1-9(12)11(15)14-8-4-6-10-5-2-3-7-13-10;/h2-3,5,7,9H,4,6,8,12H2,1H3,(H,14,15);1H. The minimum absolute atomic E-state index is 0. The monoisotopic (exact) mass is 243 g/mol. The number of carbonyl (C=O) groups is 1. The molecule has 1 unspecified atom stereocenters. The fourth-order valence-electron chi connectivity index (χ4n) is 1.19. The van der Waals surface area contributed by atoms with E-state index in [1.165, 1.54) is 0 Å². The molecule has 0 aliphatic heterocycles. The Morgan fingerprint density at radius 3 is 2.88 bits per heavy atom. The van der Waals surface area contributed by atoms with E-state index in [-0.39, 0.29) is 18.3 Å². The number of aryl methyl sites for hydroxylation is 1. The van der Waals surface area contributed by atoms with Crippen molar-refractivity contribution < 1.29 is 4.79 Å². The van der Waals surface area contributed by atoms with E-state index in [9.17, 15) is 4.79 Å². The third-order valence-electron chi connectivity index (χ3n) is 2.05. The maximum absolute atomic E-state index is 11.1.